The van der Waals surface area contributed by atoms with Crippen molar-refractivity contribution in [1.29, 1.82) is 0 Å². The Bertz CT molecular complexity index is 589. The molecule has 0 aliphatic heterocycles. The molecule has 0 spiro atoms. The Morgan fingerprint density at radius 3 is 2.79 bits per heavy atom. The lowest BCUT2D eigenvalue weighted by molar-refractivity contribution is 0.0972. The molecule has 96 valence electrons. The van der Waals surface area contributed by atoms with Crippen LogP contribution in [0.25, 0.3) is 0 Å². The van der Waals surface area contributed by atoms with Crippen molar-refractivity contribution in [3.8, 4) is 0 Å². The zero-order valence-electron chi connectivity index (χ0n) is 10.9. The molecule has 1 aliphatic carbocycles. The summed E-state index contributed by atoms with van der Waals surface area (Å²) in [6.45, 7) is 0. The minimum Gasteiger partial charge on any atom is -0.294 e. The average Bonchev–Trinajstić information content (AvgIpc) is 2.47. The van der Waals surface area contributed by atoms with Crippen LogP contribution >= 0.6 is 0 Å². The molecule has 19 heavy (non-hydrogen) atoms. The molecule has 0 saturated heterocycles. The molecule has 1 aliphatic rings. The first-order valence-corrected chi connectivity index (χ1v) is 6.88. The van der Waals surface area contributed by atoms with Crippen molar-refractivity contribution in [2.45, 2.75) is 32.1 Å². The highest BCUT2D eigenvalue weighted by atomic mass is 16.1. The number of pyridine rings is 1. The quantitative estimate of drug-likeness (QED) is 0.837. The van der Waals surface area contributed by atoms with Crippen molar-refractivity contribution in [1.82, 2.24) is 4.98 Å². The summed E-state index contributed by atoms with van der Waals surface area (Å²) in [5.74, 6) is 0.306. The number of benzene rings is 1. The third kappa shape index (κ3) is 2.58. The van der Waals surface area contributed by atoms with Gasteiger partial charge in [-0.05, 0) is 48.9 Å². The summed E-state index contributed by atoms with van der Waals surface area (Å²) in [6.07, 6.45) is 6.47. The Labute approximate surface area is 113 Å². The largest absolute Gasteiger partial charge is 0.294 e. The standard InChI is InChI=1S/C17H17NO/c19-17-9-4-7-15-13(5-3-8-16(15)17)10-11-14-6-1-2-12-18-14/h1-3,5-6,8,12H,4,7,9-11H2. The summed E-state index contributed by atoms with van der Waals surface area (Å²) < 4.78 is 0. The summed E-state index contributed by atoms with van der Waals surface area (Å²) >= 11 is 0. The number of ketones is 1. The van der Waals surface area contributed by atoms with Gasteiger partial charge in [-0.3, -0.25) is 9.78 Å². The average molecular weight is 251 g/mol. The predicted molar refractivity (Wildman–Crippen MR) is 75.4 cm³/mol. The zero-order valence-corrected chi connectivity index (χ0v) is 10.9. The third-order valence-corrected chi connectivity index (χ3v) is 3.78. The highest BCUT2D eigenvalue weighted by Crippen LogP contribution is 2.25. The Kier molecular flexibility index (Phi) is 3.41. The smallest absolute Gasteiger partial charge is 0.163 e. The Morgan fingerprint density at radius 1 is 1.00 bits per heavy atom. The lowest BCUT2D eigenvalue weighted by atomic mass is 9.86. The first-order chi connectivity index (χ1) is 9.34. The van der Waals surface area contributed by atoms with Crippen LogP contribution in [0.4, 0.5) is 0 Å². The van der Waals surface area contributed by atoms with Crippen LogP contribution in [0.15, 0.2) is 42.6 Å². The fourth-order valence-corrected chi connectivity index (χ4v) is 2.79. The second kappa shape index (κ2) is 5.35. The van der Waals surface area contributed by atoms with Crippen molar-refractivity contribution in [3.05, 3.63) is 65.0 Å². The van der Waals surface area contributed by atoms with Crippen molar-refractivity contribution in [2.75, 3.05) is 0 Å². The maximum atomic E-state index is 11.9. The molecule has 3 rings (SSSR count). The van der Waals surface area contributed by atoms with Gasteiger partial charge in [-0.2, -0.15) is 0 Å². The number of carbonyl (C=O) groups is 1. The number of rotatable bonds is 3. The Balaban J connectivity index is 1.82. The van der Waals surface area contributed by atoms with Gasteiger partial charge >= 0.3 is 0 Å². The van der Waals surface area contributed by atoms with E-state index in [-0.39, 0.29) is 0 Å². The molecule has 2 aromatic rings. The van der Waals surface area contributed by atoms with Crippen LogP contribution in [0, 0.1) is 0 Å². The number of hydrogen-bond donors (Lipinski definition) is 0. The summed E-state index contributed by atoms with van der Waals surface area (Å²) in [5.41, 5.74) is 4.65. The zero-order chi connectivity index (χ0) is 13.1. The number of carbonyl (C=O) groups excluding carboxylic acids is 1. The van der Waals surface area contributed by atoms with E-state index >= 15 is 0 Å². The van der Waals surface area contributed by atoms with Crippen LogP contribution in [0.1, 0.15) is 40.0 Å². The maximum Gasteiger partial charge on any atom is 0.163 e. The number of nitrogens with zero attached hydrogens (tertiary/aromatic N) is 1. The van der Waals surface area contributed by atoms with E-state index in [0.717, 1.165) is 36.9 Å². The molecule has 0 unspecified atom stereocenters. The molecule has 1 aromatic heterocycles. The van der Waals surface area contributed by atoms with E-state index in [9.17, 15) is 4.79 Å². The van der Waals surface area contributed by atoms with Crippen molar-refractivity contribution in [3.63, 3.8) is 0 Å². The number of aryl methyl sites for hydroxylation is 2. The fourth-order valence-electron chi connectivity index (χ4n) is 2.79. The minimum atomic E-state index is 0.306. The van der Waals surface area contributed by atoms with E-state index in [2.05, 4.69) is 17.1 Å². The number of hydrogen-bond acceptors (Lipinski definition) is 2. The number of fused-ring (bicyclic) bond motifs is 1. The first kappa shape index (κ1) is 12.1. The Morgan fingerprint density at radius 2 is 1.95 bits per heavy atom. The fraction of sp³-hybridized carbons (Fsp3) is 0.294. The third-order valence-electron chi connectivity index (χ3n) is 3.78. The van der Waals surface area contributed by atoms with Crippen LogP contribution in [0.3, 0.4) is 0 Å². The normalized spacial score (nSPS) is 14.2. The second-order valence-electron chi connectivity index (χ2n) is 5.04. The highest BCUT2D eigenvalue weighted by Gasteiger charge is 2.19. The topological polar surface area (TPSA) is 30.0 Å². The lowest BCUT2D eigenvalue weighted by Crippen LogP contribution is -2.13. The van der Waals surface area contributed by atoms with E-state index in [0.29, 0.717) is 12.2 Å². The van der Waals surface area contributed by atoms with Gasteiger partial charge in [0.2, 0.25) is 0 Å². The molecule has 0 bridgehead atoms. The van der Waals surface area contributed by atoms with Crippen molar-refractivity contribution < 1.29 is 4.79 Å². The van der Waals surface area contributed by atoms with Crippen LogP contribution < -0.4 is 0 Å². The van der Waals surface area contributed by atoms with Crippen LogP contribution in [0.2, 0.25) is 0 Å². The van der Waals surface area contributed by atoms with E-state index in [1.165, 1.54) is 11.1 Å². The maximum absolute atomic E-state index is 11.9. The van der Waals surface area contributed by atoms with Gasteiger partial charge in [-0.1, -0.05) is 24.3 Å². The molecule has 1 heterocycles. The molecular formula is C17H17NO. The molecule has 0 N–H and O–H groups in total. The van der Waals surface area contributed by atoms with Crippen LogP contribution in [-0.2, 0) is 19.3 Å². The van der Waals surface area contributed by atoms with E-state index in [1.54, 1.807) is 0 Å². The van der Waals surface area contributed by atoms with Gasteiger partial charge < -0.3 is 0 Å². The SMILES string of the molecule is O=C1CCCc2c(CCc3ccccn3)cccc21. The molecule has 0 fully saturated rings. The predicted octanol–water partition coefficient (Wildman–Crippen LogP) is 3.39. The van der Waals surface area contributed by atoms with E-state index in [1.807, 2.05) is 30.5 Å². The summed E-state index contributed by atoms with van der Waals surface area (Å²) in [7, 11) is 0. The van der Waals surface area contributed by atoms with Crippen LogP contribution in [-0.4, -0.2) is 10.8 Å². The lowest BCUT2D eigenvalue weighted by Gasteiger charge is -2.18. The summed E-state index contributed by atoms with van der Waals surface area (Å²) in [4.78, 5) is 16.3. The molecule has 0 atom stereocenters. The second-order valence-corrected chi connectivity index (χ2v) is 5.04. The molecule has 1 aromatic carbocycles. The number of Topliss-reactive ketones (excluding diaryl/α,β-unsaturated/α-hetero) is 1. The van der Waals surface area contributed by atoms with Gasteiger partial charge in [0.15, 0.2) is 5.78 Å². The molecule has 2 nitrogen and oxygen atoms in total. The van der Waals surface area contributed by atoms with Gasteiger partial charge in [0.05, 0.1) is 0 Å². The van der Waals surface area contributed by atoms with Crippen molar-refractivity contribution in [2.24, 2.45) is 0 Å². The van der Waals surface area contributed by atoms with E-state index < -0.39 is 0 Å². The van der Waals surface area contributed by atoms with Crippen molar-refractivity contribution >= 4 is 5.78 Å². The highest BCUT2D eigenvalue weighted by molar-refractivity contribution is 5.98. The molecule has 2 heteroatoms. The number of aromatic nitrogens is 1. The molecule has 0 amide bonds. The van der Waals surface area contributed by atoms with Gasteiger partial charge in [0.1, 0.15) is 0 Å². The molecular weight excluding hydrogens is 234 g/mol. The van der Waals surface area contributed by atoms with Gasteiger partial charge in [0, 0.05) is 23.9 Å². The first-order valence-electron chi connectivity index (χ1n) is 6.88. The summed E-state index contributed by atoms with van der Waals surface area (Å²) in [5, 5.41) is 0. The minimum absolute atomic E-state index is 0.306. The van der Waals surface area contributed by atoms with Gasteiger partial charge in [0.25, 0.3) is 0 Å². The van der Waals surface area contributed by atoms with E-state index in [4.69, 9.17) is 0 Å². The summed E-state index contributed by atoms with van der Waals surface area (Å²) in [6, 6.07) is 12.1. The monoisotopic (exact) mass is 251 g/mol. The van der Waals surface area contributed by atoms with Gasteiger partial charge in [-0.15, -0.1) is 0 Å². The Hall–Kier alpha value is -1.96. The van der Waals surface area contributed by atoms with Gasteiger partial charge in [-0.25, -0.2) is 0 Å². The molecule has 0 saturated carbocycles. The molecule has 0 radical (unpaired) electrons. The van der Waals surface area contributed by atoms with Crippen LogP contribution in [0.5, 0.6) is 0 Å².